The molecule has 2 aromatic rings. The Bertz CT molecular complexity index is 828. The van der Waals surface area contributed by atoms with Crippen LogP contribution < -0.4 is 10.6 Å². The Morgan fingerprint density at radius 1 is 1.15 bits per heavy atom. The fourth-order valence-electron chi connectivity index (χ4n) is 1.99. The minimum atomic E-state index is -1.08. The zero-order valence-electron chi connectivity index (χ0n) is 13.8. The molecule has 136 valence electrons. The van der Waals surface area contributed by atoms with Crippen molar-refractivity contribution < 1.29 is 23.5 Å². The van der Waals surface area contributed by atoms with Gasteiger partial charge in [0.1, 0.15) is 12.4 Å². The van der Waals surface area contributed by atoms with Crippen LogP contribution in [-0.4, -0.2) is 30.4 Å². The lowest BCUT2D eigenvalue weighted by Crippen LogP contribution is -2.35. The molecule has 0 aliphatic carbocycles. The second-order valence-electron chi connectivity index (χ2n) is 5.32. The van der Waals surface area contributed by atoms with Crippen molar-refractivity contribution in [1.29, 1.82) is 0 Å². The summed E-state index contributed by atoms with van der Waals surface area (Å²) in [6.07, 6.45) is -1.08. The van der Waals surface area contributed by atoms with Gasteiger partial charge in [-0.25, -0.2) is 4.39 Å². The van der Waals surface area contributed by atoms with Crippen molar-refractivity contribution in [2.45, 2.75) is 13.0 Å². The Kier molecular flexibility index (Phi) is 6.68. The van der Waals surface area contributed by atoms with Crippen LogP contribution in [0.15, 0.2) is 48.5 Å². The highest BCUT2D eigenvalue weighted by molar-refractivity contribution is 6.30. The molecule has 2 amide bonds. The Hall–Kier alpha value is -2.93. The van der Waals surface area contributed by atoms with Crippen LogP contribution in [0.1, 0.15) is 17.3 Å². The SMILES string of the molecule is C[C@H](OC(=O)CNC(=O)c1cccc(F)c1)C(=O)Nc1cccc(Cl)c1. The molecule has 0 aliphatic rings. The van der Waals surface area contributed by atoms with Gasteiger partial charge >= 0.3 is 5.97 Å². The van der Waals surface area contributed by atoms with E-state index in [-0.39, 0.29) is 5.56 Å². The molecule has 2 rings (SSSR count). The van der Waals surface area contributed by atoms with Crippen LogP contribution in [0.2, 0.25) is 5.02 Å². The predicted octanol–water partition coefficient (Wildman–Crippen LogP) is 2.78. The van der Waals surface area contributed by atoms with Crippen molar-refractivity contribution in [3.05, 3.63) is 64.9 Å². The summed E-state index contributed by atoms with van der Waals surface area (Å²) in [5.74, 6) is -2.54. The number of halogens is 2. The predicted molar refractivity (Wildman–Crippen MR) is 94.4 cm³/mol. The van der Waals surface area contributed by atoms with Crippen LogP contribution in [-0.2, 0) is 14.3 Å². The van der Waals surface area contributed by atoms with Crippen molar-refractivity contribution in [3.8, 4) is 0 Å². The molecule has 26 heavy (non-hydrogen) atoms. The minimum absolute atomic E-state index is 0.0737. The standard InChI is InChI=1S/C18H16ClFN2O4/c1-11(17(24)22-15-7-3-5-13(19)9-15)26-16(23)10-21-18(25)12-4-2-6-14(20)8-12/h2-9,11H,10H2,1H3,(H,21,25)(H,22,24)/t11-/m0/s1. The van der Waals surface area contributed by atoms with Gasteiger partial charge in [0, 0.05) is 16.3 Å². The molecule has 0 heterocycles. The van der Waals surface area contributed by atoms with E-state index in [0.29, 0.717) is 10.7 Å². The summed E-state index contributed by atoms with van der Waals surface area (Å²) in [7, 11) is 0. The van der Waals surface area contributed by atoms with E-state index in [1.807, 2.05) is 0 Å². The molecule has 0 saturated heterocycles. The summed E-state index contributed by atoms with van der Waals surface area (Å²) in [6, 6.07) is 11.5. The molecule has 0 fully saturated rings. The molecular formula is C18H16ClFN2O4. The monoisotopic (exact) mass is 378 g/mol. The molecule has 0 bridgehead atoms. The Labute approximate surface area is 154 Å². The largest absolute Gasteiger partial charge is 0.451 e. The fraction of sp³-hybridized carbons (Fsp3) is 0.167. The molecular weight excluding hydrogens is 363 g/mol. The quantitative estimate of drug-likeness (QED) is 0.757. The van der Waals surface area contributed by atoms with Crippen LogP contribution in [0.4, 0.5) is 10.1 Å². The topological polar surface area (TPSA) is 84.5 Å². The van der Waals surface area contributed by atoms with Crippen LogP contribution >= 0.6 is 11.6 Å². The van der Waals surface area contributed by atoms with Gasteiger partial charge < -0.3 is 15.4 Å². The number of anilines is 1. The number of nitrogens with one attached hydrogen (secondary N) is 2. The average molecular weight is 379 g/mol. The second kappa shape index (κ2) is 8.96. The molecule has 0 radical (unpaired) electrons. The van der Waals surface area contributed by atoms with Gasteiger partial charge in [-0.05, 0) is 43.3 Å². The van der Waals surface area contributed by atoms with Gasteiger partial charge in [0.15, 0.2) is 6.10 Å². The summed E-state index contributed by atoms with van der Waals surface area (Å²) in [6.45, 7) is 0.941. The van der Waals surface area contributed by atoms with E-state index in [2.05, 4.69) is 10.6 Å². The second-order valence-corrected chi connectivity index (χ2v) is 5.76. The van der Waals surface area contributed by atoms with E-state index in [0.717, 1.165) is 6.07 Å². The van der Waals surface area contributed by atoms with E-state index < -0.39 is 36.2 Å². The first-order chi connectivity index (χ1) is 12.3. The van der Waals surface area contributed by atoms with Crippen molar-refractivity contribution in [1.82, 2.24) is 5.32 Å². The molecule has 0 spiro atoms. The van der Waals surface area contributed by atoms with Gasteiger partial charge in [0.25, 0.3) is 11.8 Å². The number of benzene rings is 2. The first kappa shape index (κ1) is 19.4. The number of carbonyl (C=O) groups excluding carboxylic acids is 3. The lowest BCUT2D eigenvalue weighted by molar-refractivity contribution is -0.152. The van der Waals surface area contributed by atoms with Crippen molar-refractivity contribution >= 4 is 35.1 Å². The normalized spacial score (nSPS) is 11.3. The van der Waals surface area contributed by atoms with E-state index in [9.17, 15) is 18.8 Å². The highest BCUT2D eigenvalue weighted by Gasteiger charge is 2.18. The maximum Gasteiger partial charge on any atom is 0.326 e. The smallest absolute Gasteiger partial charge is 0.326 e. The van der Waals surface area contributed by atoms with Gasteiger partial charge in [-0.1, -0.05) is 23.7 Å². The third kappa shape index (κ3) is 5.86. The number of ether oxygens (including phenoxy) is 1. The van der Waals surface area contributed by atoms with Crippen molar-refractivity contribution in [2.24, 2.45) is 0 Å². The van der Waals surface area contributed by atoms with Crippen LogP contribution in [0.3, 0.4) is 0 Å². The summed E-state index contributed by atoms with van der Waals surface area (Å²) >= 11 is 5.82. The third-order valence-corrected chi connectivity index (χ3v) is 3.48. The summed E-state index contributed by atoms with van der Waals surface area (Å²) < 4.78 is 18.0. The number of esters is 1. The average Bonchev–Trinajstić information content (AvgIpc) is 2.59. The molecule has 0 aromatic heterocycles. The number of amides is 2. The van der Waals surface area contributed by atoms with E-state index in [1.54, 1.807) is 24.3 Å². The lowest BCUT2D eigenvalue weighted by atomic mass is 10.2. The van der Waals surface area contributed by atoms with E-state index >= 15 is 0 Å². The molecule has 0 unspecified atom stereocenters. The molecule has 2 N–H and O–H groups in total. The molecule has 0 aliphatic heterocycles. The molecule has 2 aromatic carbocycles. The van der Waals surface area contributed by atoms with Crippen LogP contribution in [0.25, 0.3) is 0 Å². The zero-order valence-corrected chi connectivity index (χ0v) is 14.5. The summed E-state index contributed by atoms with van der Waals surface area (Å²) in [4.78, 5) is 35.6. The van der Waals surface area contributed by atoms with Crippen LogP contribution in [0.5, 0.6) is 0 Å². The van der Waals surface area contributed by atoms with E-state index in [4.69, 9.17) is 16.3 Å². The molecule has 6 nitrogen and oxygen atoms in total. The third-order valence-electron chi connectivity index (χ3n) is 3.25. The van der Waals surface area contributed by atoms with Crippen molar-refractivity contribution in [3.63, 3.8) is 0 Å². The maximum absolute atomic E-state index is 13.1. The van der Waals surface area contributed by atoms with Gasteiger partial charge in [-0.15, -0.1) is 0 Å². The highest BCUT2D eigenvalue weighted by atomic mass is 35.5. The molecule has 8 heteroatoms. The lowest BCUT2D eigenvalue weighted by Gasteiger charge is -2.14. The van der Waals surface area contributed by atoms with Gasteiger partial charge in [0.05, 0.1) is 0 Å². The molecule has 1 atom stereocenters. The van der Waals surface area contributed by atoms with Crippen molar-refractivity contribution in [2.75, 3.05) is 11.9 Å². The van der Waals surface area contributed by atoms with Crippen LogP contribution in [0, 0.1) is 5.82 Å². The zero-order chi connectivity index (χ0) is 19.1. The first-order valence-corrected chi connectivity index (χ1v) is 8.02. The number of hydrogen-bond donors (Lipinski definition) is 2. The highest BCUT2D eigenvalue weighted by Crippen LogP contribution is 2.15. The summed E-state index contributed by atoms with van der Waals surface area (Å²) in [5.41, 5.74) is 0.536. The van der Waals surface area contributed by atoms with Gasteiger partial charge in [-0.2, -0.15) is 0 Å². The Morgan fingerprint density at radius 3 is 2.58 bits per heavy atom. The summed E-state index contributed by atoms with van der Waals surface area (Å²) in [5, 5.41) is 5.30. The van der Waals surface area contributed by atoms with Gasteiger partial charge in [-0.3, -0.25) is 14.4 Å². The Morgan fingerprint density at radius 2 is 1.88 bits per heavy atom. The van der Waals surface area contributed by atoms with Gasteiger partial charge in [0.2, 0.25) is 0 Å². The minimum Gasteiger partial charge on any atom is -0.451 e. The number of rotatable bonds is 6. The number of hydrogen-bond acceptors (Lipinski definition) is 4. The molecule has 0 saturated carbocycles. The Balaban J connectivity index is 1.81. The first-order valence-electron chi connectivity index (χ1n) is 7.65. The fourth-order valence-corrected chi connectivity index (χ4v) is 2.18. The van der Waals surface area contributed by atoms with E-state index in [1.165, 1.54) is 25.1 Å². The maximum atomic E-state index is 13.1. The number of carbonyl (C=O) groups is 3.